The molecule has 1 aliphatic rings. The van der Waals surface area contributed by atoms with Crippen molar-refractivity contribution in [2.24, 2.45) is 5.73 Å². The highest BCUT2D eigenvalue weighted by molar-refractivity contribution is 5.78. The summed E-state index contributed by atoms with van der Waals surface area (Å²) in [5.41, 5.74) is 7.66. The number of carbonyl (C=O) groups excluding carboxylic acids is 1. The van der Waals surface area contributed by atoms with Gasteiger partial charge in [0.25, 0.3) is 0 Å². The summed E-state index contributed by atoms with van der Waals surface area (Å²) in [6.07, 6.45) is 2.10. The third-order valence-corrected chi connectivity index (χ3v) is 4.50. The summed E-state index contributed by atoms with van der Waals surface area (Å²) >= 11 is 0. The first-order valence-electron chi connectivity index (χ1n) is 8.33. The lowest BCUT2D eigenvalue weighted by Gasteiger charge is -2.15. The molecule has 0 saturated carbocycles. The van der Waals surface area contributed by atoms with E-state index in [1.165, 1.54) is 0 Å². The Bertz CT molecular complexity index is 762. The normalized spacial score (nSPS) is 18.0. The zero-order chi connectivity index (χ0) is 16.4. The smallest absolute Gasteiger partial charge is 0.329 e. The number of rotatable bonds is 5. The summed E-state index contributed by atoms with van der Waals surface area (Å²) in [4.78, 5) is 26.7. The van der Waals surface area contributed by atoms with Gasteiger partial charge in [-0.25, -0.2) is 4.79 Å². The number of benzene rings is 1. The highest BCUT2D eigenvalue weighted by atomic mass is 16.2. The standard InChI is InChI=1S/C17H24N4O2/c1-2-9-20-14-5-3-4-6-15(14)21(17(20)23)11-8-16(22)19-10-7-13(18)12-19/h3-6,13H,2,7-12,18H2,1H3/t13-/m1/s1. The Morgan fingerprint density at radius 1 is 1.22 bits per heavy atom. The van der Waals surface area contributed by atoms with Crippen LogP contribution in [0.1, 0.15) is 26.2 Å². The Labute approximate surface area is 135 Å². The summed E-state index contributed by atoms with van der Waals surface area (Å²) in [6, 6.07) is 7.86. The van der Waals surface area contributed by atoms with Crippen molar-refractivity contribution in [3.63, 3.8) is 0 Å². The largest absolute Gasteiger partial charge is 0.341 e. The summed E-state index contributed by atoms with van der Waals surface area (Å²) in [5.74, 6) is 0.0807. The second-order valence-electron chi connectivity index (χ2n) is 6.21. The molecule has 1 atom stereocenters. The van der Waals surface area contributed by atoms with Gasteiger partial charge in [-0.3, -0.25) is 13.9 Å². The molecule has 2 aromatic rings. The van der Waals surface area contributed by atoms with Crippen LogP contribution in [0.3, 0.4) is 0 Å². The molecular weight excluding hydrogens is 292 g/mol. The quantitative estimate of drug-likeness (QED) is 0.899. The van der Waals surface area contributed by atoms with Gasteiger partial charge in [0.15, 0.2) is 0 Å². The van der Waals surface area contributed by atoms with Crippen LogP contribution < -0.4 is 11.4 Å². The van der Waals surface area contributed by atoms with Crippen molar-refractivity contribution >= 4 is 16.9 Å². The maximum absolute atomic E-state index is 12.6. The molecule has 1 fully saturated rings. The molecule has 6 heteroatoms. The molecule has 0 radical (unpaired) electrons. The first kappa shape index (κ1) is 15.8. The van der Waals surface area contributed by atoms with Crippen LogP contribution >= 0.6 is 0 Å². The predicted octanol–water partition coefficient (Wildman–Crippen LogP) is 1.16. The van der Waals surface area contributed by atoms with Crippen molar-refractivity contribution < 1.29 is 4.79 Å². The van der Waals surface area contributed by atoms with E-state index in [-0.39, 0.29) is 17.6 Å². The highest BCUT2D eigenvalue weighted by Gasteiger charge is 2.23. The van der Waals surface area contributed by atoms with Gasteiger partial charge < -0.3 is 10.6 Å². The number of likely N-dealkylation sites (tertiary alicyclic amines) is 1. The van der Waals surface area contributed by atoms with Crippen LogP contribution in [-0.2, 0) is 17.9 Å². The SMILES string of the molecule is CCCn1c(=O)n(CCC(=O)N2CC[C@@H](N)C2)c2ccccc21. The van der Waals surface area contributed by atoms with Crippen LogP contribution in [0.5, 0.6) is 0 Å². The maximum Gasteiger partial charge on any atom is 0.329 e. The second kappa shape index (κ2) is 6.58. The summed E-state index contributed by atoms with van der Waals surface area (Å²) in [7, 11) is 0. The zero-order valence-electron chi connectivity index (χ0n) is 13.6. The van der Waals surface area contributed by atoms with Gasteiger partial charge in [0.05, 0.1) is 11.0 Å². The topological polar surface area (TPSA) is 73.3 Å². The monoisotopic (exact) mass is 316 g/mol. The number of hydrogen-bond acceptors (Lipinski definition) is 3. The minimum atomic E-state index is -0.0287. The number of para-hydroxylation sites is 2. The number of amides is 1. The van der Waals surface area contributed by atoms with Crippen LogP contribution in [0.15, 0.2) is 29.1 Å². The molecule has 1 aliphatic heterocycles. The number of imidazole rings is 1. The van der Waals surface area contributed by atoms with Crippen LogP contribution in [0.4, 0.5) is 0 Å². The number of hydrogen-bond donors (Lipinski definition) is 1. The second-order valence-corrected chi connectivity index (χ2v) is 6.21. The molecule has 0 spiro atoms. The number of aromatic nitrogens is 2. The molecule has 1 aromatic heterocycles. The minimum absolute atomic E-state index is 0.0287. The van der Waals surface area contributed by atoms with Gasteiger partial charge >= 0.3 is 5.69 Å². The Morgan fingerprint density at radius 2 is 1.87 bits per heavy atom. The van der Waals surface area contributed by atoms with E-state index in [1.807, 2.05) is 24.3 Å². The molecule has 1 amide bonds. The van der Waals surface area contributed by atoms with Gasteiger partial charge in [-0.2, -0.15) is 0 Å². The van der Waals surface area contributed by atoms with Crippen molar-refractivity contribution in [2.75, 3.05) is 13.1 Å². The summed E-state index contributed by atoms with van der Waals surface area (Å²) in [6.45, 7) is 4.53. The van der Waals surface area contributed by atoms with Gasteiger partial charge in [0, 0.05) is 38.6 Å². The third kappa shape index (κ3) is 3.03. The molecule has 1 saturated heterocycles. The average molecular weight is 316 g/mol. The first-order chi connectivity index (χ1) is 11.1. The highest BCUT2D eigenvalue weighted by Crippen LogP contribution is 2.15. The third-order valence-electron chi connectivity index (χ3n) is 4.50. The van der Waals surface area contributed by atoms with E-state index < -0.39 is 0 Å². The van der Waals surface area contributed by atoms with Gasteiger partial charge in [-0.1, -0.05) is 19.1 Å². The van der Waals surface area contributed by atoms with Gasteiger partial charge in [0.2, 0.25) is 5.91 Å². The molecule has 6 nitrogen and oxygen atoms in total. The lowest BCUT2D eigenvalue weighted by molar-refractivity contribution is -0.130. The number of nitrogens with zero attached hydrogens (tertiary/aromatic N) is 3. The molecule has 0 bridgehead atoms. The van der Waals surface area contributed by atoms with Crippen molar-refractivity contribution in [1.82, 2.24) is 14.0 Å². The number of carbonyl (C=O) groups is 1. The van der Waals surface area contributed by atoms with E-state index in [0.29, 0.717) is 26.1 Å². The first-order valence-corrected chi connectivity index (χ1v) is 8.33. The fourth-order valence-corrected chi connectivity index (χ4v) is 3.31. The van der Waals surface area contributed by atoms with Crippen LogP contribution in [0.25, 0.3) is 11.0 Å². The Balaban J connectivity index is 1.81. The van der Waals surface area contributed by atoms with E-state index >= 15 is 0 Å². The lowest BCUT2D eigenvalue weighted by atomic mass is 10.3. The van der Waals surface area contributed by atoms with Crippen LogP contribution in [0, 0.1) is 0 Å². The number of nitrogens with two attached hydrogens (primary N) is 1. The Kier molecular flexibility index (Phi) is 4.52. The van der Waals surface area contributed by atoms with Gasteiger partial charge in [-0.05, 0) is 25.0 Å². The van der Waals surface area contributed by atoms with E-state index in [0.717, 1.165) is 30.4 Å². The summed E-state index contributed by atoms with van der Waals surface area (Å²) < 4.78 is 3.52. The molecule has 2 N–H and O–H groups in total. The van der Waals surface area contributed by atoms with Crippen molar-refractivity contribution in [2.45, 2.75) is 45.3 Å². The molecule has 3 rings (SSSR count). The molecular formula is C17H24N4O2. The van der Waals surface area contributed by atoms with E-state index in [4.69, 9.17) is 5.73 Å². The number of fused-ring (bicyclic) bond motifs is 1. The molecule has 1 aromatic carbocycles. The van der Waals surface area contributed by atoms with E-state index in [1.54, 1.807) is 14.0 Å². The van der Waals surface area contributed by atoms with Gasteiger partial charge in [0.1, 0.15) is 0 Å². The summed E-state index contributed by atoms with van der Waals surface area (Å²) in [5, 5.41) is 0. The number of aryl methyl sites for hydroxylation is 2. The fourth-order valence-electron chi connectivity index (χ4n) is 3.31. The maximum atomic E-state index is 12.6. The molecule has 124 valence electrons. The van der Waals surface area contributed by atoms with E-state index in [9.17, 15) is 9.59 Å². The molecule has 2 heterocycles. The molecule has 0 aliphatic carbocycles. The predicted molar refractivity (Wildman–Crippen MR) is 90.3 cm³/mol. The molecule has 0 unspecified atom stereocenters. The van der Waals surface area contributed by atoms with Gasteiger partial charge in [-0.15, -0.1) is 0 Å². The fraction of sp³-hybridized carbons (Fsp3) is 0.529. The van der Waals surface area contributed by atoms with Crippen LogP contribution in [0.2, 0.25) is 0 Å². The zero-order valence-corrected chi connectivity index (χ0v) is 13.6. The Hall–Kier alpha value is -2.08. The van der Waals surface area contributed by atoms with Crippen molar-refractivity contribution in [3.8, 4) is 0 Å². The van der Waals surface area contributed by atoms with Crippen molar-refractivity contribution in [3.05, 3.63) is 34.7 Å². The Morgan fingerprint density at radius 3 is 2.43 bits per heavy atom. The van der Waals surface area contributed by atoms with Crippen LogP contribution in [-0.4, -0.2) is 39.1 Å². The molecule has 23 heavy (non-hydrogen) atoms. The van der Waals surface area contributed by atoms with E-state index in [2.05, 4.69) is 6.92 Å². The lowest BCUT2D eigenvalue weighted by Crippen LogP contribution is -2.33. The minimum Gasteiger partial charge on any atom is -0.341 e. The van der Waals surface area contributed by atoms with Crippen molar-refractivity contribution in [1.29, 1.82) is 0 Å². The average Bonchev–Trinajstić information content (AvgIpc) is 3.09.